The summed E-state index contributed by atoms with van der Waals surface area (Å²) in [7, 11) is 0. The molecule has 1 fully saturated rings. The number of amides is 2. The Kier molecular flexibility index (Phi) is 3.17. The molecule has 0 spiro atoms. The van der Waals surface area contributed by atoms with Crippen molar-refractivity contribution in [3.8, 4) is 0 Å². The summed E-state index contributed by atoms with van der Waals surface area (Å²) in [6.07, 6.45) is 0.549. The number of carbonyl (C=O) groups excluding carboxylic acids is 2. The summed E-state index contributed by atoms with van der Waals surface area (Å²) < 4.78 is 0. The number of carbonyl (C=O) groups is 2. The molecule has 0 radical (unpaired) electrons. The molecule has 1 aromatic heterocycles. The van der Waals surface area contributed by atoms with Crippen LogP contribution in [0.4, 0.5) is 11.6 Å². The van der Waals surface area contributed by atoms with E-state index in [1.54, 1.807) is 4.90 Å². The first-order valence-electron chi connectivity index (χ1n) is 6.72. The van der Waals surface area contributed by atoms with E-state index in [1.807, 2.05) is 31.2 Å². The van der Waals surface area contributed by atoms with E-state index >= 15 is 0 Å². The quantitative estimate of drug-likeness (QED) is 0.777. The van der Waals surface area contributed by atoms with E-state index in [0.29, 0.717) is 23.3 Å². The molecule has 21 heavy (non-hydrogen) atoms. The van der Waals surface area contributed by atoms with Gasteiger partial charge in [0.2, 0.25) is 11.8 Å². The molecule has 2 aromatic rings. The van der Waals surface area contributed by atoms with E-state index in [0.717, 1.165) is 0 Å². The van der Waals surface area contributed by atoms with Crippen molar-refractivity contribution in [3.63, 3.8) is 0 Å². The molecule has 1 unspecified atom stereocenters. The Morgan fingerprint density at radius 2 is 1.95 bits per heavy atom. The molecular formula is C14H15N5O2. The van der Waals surface area contributed by atoms with Crippen LogP contribution in [0.25, 0.3) is 11.0 Å². The third kappa shape index (κ3) is 2.26. The van der Waals surface area contributed by atoms with E-state index < -0.39 is 6.04 Å². The second-order valence-electron chi connectivity index (χ2n) is 4.89. The third-order valence-corrected chi connectivity index (χ3v) is 3.49. The van der Waals surface area contributed by atoms with Gasteiger partial charge >= 0.3 is 0 Å². The zero-order chi connectivity index (χ0) is 15.0. The fourth-order valence-corrected chi connectivity index (χ4v) is 2.51. The molecule has 0 aliphatic carbocycles. The van der Waals surface area contributed by atoms with Gasteiger partial charge in [0.05, 0.1) is 17.6 Å². The topological polar surface area (TPSA) is 101 Å². The number of rotatable bonds is 2. The molecule has 1 atom stereocenters. The number of nitrogens with zero attached hydrogens (tertiary/aromatic N) is 3. The summed E-state index contributed by atoms with van der Waals surface area (Å²) in [4.78, 5) is 34.0. The lowest BCUT2D eigenvalue weighted by atomic mass is 10.1. The zero-order valence-electron chi connectivity index (χ0n) is 11.5. The van der Waals surface area contributed by atoms with Gasteiger partial charge in [-0.05, 0) is 18.6 Å². The molecule has 0 bridgehead atoms. The molecular weight excluding hydrogens is 270 g/mol. The predicted octanol–water partition coefficient (Wildman–Crippen LogP) is 0.453. The highest BCUT2D eigenvalue weighted by Crippen LogP contribution is 2.26. The van der Waals surface area contributed by atoms with Crippen LogP contribution < -0.4 is 16.0 Å². The first-order valence-corrected chi connectivity index (χ1v) is 6.72. The minimum absolute atomic E-state index is 0.0431. The Morgan fingerprint density at radius 3 is 2.62 bits per heavy atom. The van der Waals surface area contributed by atoms with Crippen LogP contribution in [0.1, 0.15) is 13.3 Å². The lowest BCUT2D eigenvalue weighted by Crippen LogP contribution is -2.58. The second kappa shape index (κ2) is 5.01. The first kappa shape index (κ1) is 13.3. The lowest BCUT2D eigenvalue weighted by molar-refractivity contribution is -0.132. The molecule has 1 aliphatic rings. The van der Waals surface area contributed by atoms with Gasteiger partial charge in [-0.15, -0.1) is 0 Å². The number of hydrogen-bond acceptors (Lipinski definition) is 6. The fraction of sp³-hybridized carbons (Fsp3) is 0.286. The van der Waals surface area contributed by atoms with Crippen molar-refractivity contribution >= 4 is 34.5 Å². The number of piperazine rings is 1. The van der Waals surface area contributed by atoms with Crippen LogP contribution >= 0.6 is 0 Å². The highest BCUT2D eigenvalue weighted by atomic mass is 16.2. The molecule has 7 nitrogen and oxygen atoms in total. The minimum Gasteiger partial charge on any atom is -0.381 e. The zero-order valence-corrected chi connectivity index (χ0v) is 11.5. The second-order valence-corrected chi connectivity index (χ2v) is 4.89. The van der Waals surface area contributed by atoms with E-state index in [4.69, 9.17) is 5.73 Å². The number of anilines is 2. The van der Waals surface area contributed by atoms with Gasteiger partial charge in [0, 0.05) is 0 Å². The molecule has 3 rings (SSSR count). The van der Waals surface area contributed by atoms with Crippen LogP contribution in [0.2, 0.25) is 0 Å². The van der Waals surface area contributed by atoms with Crippen LogP contribution in [-0.2, 0) is 9.59 Å². The Bertz CT molecular complexity index is 730. The number of imide groups is 1. The monoisotopic (exact) mass is 285 g/mol. The summed E-state index contributed by atoms with van der Waals surface area (Å²) in [6, 6.07) is 6.86. The Morgan fingerprint density at radius 1 is 1.29 bits per heavy atom. The number of aromatic nitrogens is 2. The van der Waals surface area contributed by atoms with Gasteiger partial charge in [-0.1, -0.05) is 19.1 Å². The molecule has 108 valence electrons. The molecule has 1 aliphatic heterocycles. The summed E-state index contributed by atoms with van der Waals surface area (Å²) in [5.41, 5.74) is 7.32. The number of benzene rings is 1. The summed E-state index contributed by atoms with van der Waals surface area (Å²) in [5, 5.41) is 2.33. The Balaban J connectivity index is 2.11. The molecule has 0 saturated carbocycles. The maximum atomic E-state index is 11.9. The van der Waals surface area contributed by atoms with Gasteiger partial charge < -0.3 is 10.6 Å². The van der Waals surface area contributed by atoms with Crippen LogP contribution in [0.3, 0.4) is 0 Å². The number of fused-ring (bicyclic) bond motifs is 1. The average molecular weight is 285 g/mol. The highest BCUT2D eigenvalue weighted by Gasteiger charge is 2.34. The largest absolute Gasteiger partial charge is 0.381 e. The molecule has 7 heteroatoms. The summed E-state index contributed by atoms with van der Waals surface area (Å²) >= 11 is 0. The van der Waals surface area contributed by atoms with Gasteiger partial charge in [-0.3, -0.25) is 14.9 Å². The average Bonchev–Trinajstić information content (AvgIpc) is 2.45. The smallest absolute Gasteiger partial charge is 0.249 e. The standard InChI is InChI=1S/C14H15N5O2/c1-2-10-14(21)18-11(20)7-19(10)13-12(15)16-8-5-3-4-6-9(8)17-13/h3-6,10H,2,7H2,1H3,(H2,15,16)(H,18,20,21). The van der Waals surface area contributed by atoms with Crippen molar-refractivity contribution in [2.24, 2.45) is 0 Å². The van der Waals surface area contributed by atoms with Crippen LogP contribution in [0.15, 0.2) is 24.3 Å². The van der Waals surface area contributed by atoms with E-state index in [9.17, 15) is 9.59 Å². The minimum atomic E-state index is -0.472. The molecule has 1 aromatic carbocycles. The van der Waals surface area contributed by atoms with Crippen molar-refractivity contribution in [2.75, 3.05) is 17.2 Å². The van der Waals surface area contributed by atoms with Crippen molar-refractivity contribution in [2.45, 2.75) is 19.4 Å². The number of nitrogen functional groups attached to an aromatic ring is 1. The van der Waals surface area contributed by atoms with Crippen molar-refractivity contribution in [1.82, 2.24) is 15.3 Å². The maximum absolute atomic E-state index is 11.9. The van der Waals surface area contributed by atoms with Gasteiger partial charge in [-0.25, -0.2) is 9.97 Å². The first-order chi connectivity index (χ1) is 10.1. The van der Waals surface area contributed by atoms with Gasteiger partial charge in [0.25, 0.3) is 0 Å². The molecule has 3 N–H and O–H groups in total. The fourth-order valence-electron chi connectivity index (χ4n) is 2.51. The summed E-state index contributed by atoms with van der Waals surface area (Å²) in [5.74, 6) is -0.0967. The maximum Gasteiger partial charge on any atom is 0.249 e. The number of nitrogens with one attached hydrogen (secondary N) is 1. The van der Waals surface area contributed by atoms with Crippen LogP contribution in [-0.4, -0.2) is 34.4 Å². The highest BCUT2D eigenvalue weighted by molar-refractivity contribution is 6.05. The predicted molar refractivity (Wildman–Crippen MR) is 78.5 cm³/mol. The van der Waals surface area contributed by atoms with Gasteiger partial charge in [0.1, 0.15) is 6.04 Å². The number of hydrogen-bond donors (Lipinski definition) is 2. The van der Waals surface area contributed by atoms with Gasteiger partial charge in [0.15, 0.2) is 11.6 Å². The lowest BCUT2D eigenvalue weighted by Gasteiger charge is -2.34. The Hall–Kier alpha value is -2.70. The normalized spacial score (nSPS) is 18.9. The molecule has 2 heterocycles. The van der Waals surface area contributed by atoms with Gasteiger partial charge in [-0.2, -0.15) is 0 Å². The van der Waals surface area contributed by atoms with Crippen LogP contribution in [0.5, 0.6) is 0 Å². The SMILES string of the molecule is CCC1C(=O)NC(=O)CN1c1nc2ccccc2nc1N. The van der Waals surface area contributed by atoms with E-state index in [-0.39, 0.29) is 24.2 Å². The number of nitrogens with two attached hydrogens (primary N) is 1. The number of para-hydroxylation sites is 2. The van der Waals surface area contributed by atoms with E-state index in [2.05, 4.69) is 15.3 Å². The Labute approximate surface area is 121 Å². The van der Waals surface area contributed by atoms with Crippen molar-refractivity contribution < 1.29 is 9.59 Å². The summed E-state index contributed by atoms with van der Waals surface area (Å²) in [6.45, 7) is 1.92. The molecule has 1 saturated heterocycles. The van der Waals surface area contributed by atoms with E-state index in [1.165, 1.54) is 0 Å². The van der Waals surface area contributed by atoms with Crippen molar-refractivity contribution in [1.29, 1.82) is 0 Å². The van der Waals surface area contributed by atoms with Crippen molar-refractivity contribution in [3.05, 3.63) is 24.3 Å². The molecule has 2 amide bonds. The van der Waals surface area contributed by atoms with Crippen LogP contribution in [0, 0.1) is 0 Å². The third-order valence-electron chi connectivity index (χ3n) is 3.49.